The minimum Gasteiger partial charge on any atom is -0.465 e. The largest absolute Gasteiger partial charge is 0.465 e. The Hall–Kier alpha value is -1.81. The molecule has 1 aliphatic heterocycles. The number of anilines is 2. The van der Waals surface area contributed by atoms with Crippen molar-refractivity contribution < 1.29 is 22.7 Å². The molecule has 26 heavy (non-hydrogen) atoms. The maximum Gasteiger partial charge on any atom is 0.349 e. The summed E-state index contributed by atoms with van der Waals surface area (Å²) in [6, 6.07) is 4.57. The van der Waals surface area contributed by atoms with E-state index in [1.54, 1.807) is 0 Å². The van der Waals surface area contributed by atoms with E-state index in [0.29, 0.717) is 5.02 Å². The summed E-state index contributed by atoms with van der Waals surface area (Å²) < 4.78 is 32.3. The van der Waals surface area contributed by atoms with E-state index in [-0.39, 0.29) is 25.5 Å². The van der Waals surface area contributed by atoms with Gasteiger partial charge in [-0.2, -0.15) is 0 Å². The van der Waals surface area contributed by atoms with Crippen LogP contribution in [0.1, 0.15) is 16.6 Å². The summed E-state index contributed by atoms with van der Waals surface area (Å²) in [6.07, 6.45) is 0. The van der Waals surface area contributed by atoms with Crippen LogP contribution in [0.15, 0.2) is 29.2 Å². The van der Waals surface area contributed by atoms with Crippen LogP contribution in [0.2, 0.25) is 9.36 Å². The van der Waals surface area contributed by atoms with Gasteiger partial charge in [-0.15, -0.1) is 11.3 Å². The van der Waals surface area contributed by atoms with Gasteiger partial charge in [0.05, 0.1) is 22.8 Å². The first-order valence-corrected chi connectivity index (χ1v) is 10.2. The number of halogens is 2. The van der Waals surface area contributed by atoms with Crippen LogP contribution < -0.4 is 9.62 Å². The molecular formula is C15H12Cl2N2O5S2. The minimum atomic E-state index is -4.28. The molecule has 1 aromatic heterocycles. The summed E-state index contributed by atoms with van der Waals surface area (Å²) in [7, 11) is -3.14. The average molecular weight is 435 g/mol. The lowest BCUT2D eigenvalue weighted by molar-refractivity contribution is -0.117. The highest BCUT2D eigenvalue weighted by atomic mass is 35.5. The summed E-state index contributed by atoms with van der Waals surface area (Å²) in [4.78, 5) is 23.7. The summed E-state index contributed by atoms with van der Waals surface area (Å²) in [6.45, 7) is 1.44. The summed E-state index contributed by atoms with van der Waals surface area (Å²) in [5.74, 6) is -1.35. The highest BCUT2D eigenvalue weighted by Crippen LogP contribution is 2.40. The van der Waals surface area contributed by atoms with Crippen LogP contribution in [0.4, 0.5) is 11.4 Å². The minimum absolute atomic E-state index is 0.106. The topological polar surface area (TPSA) is 92.8 Å². The second kappa shape index (κ2) is 6.73. The van der Waals surface area contributed by atoms with Crippen LogP contribution in [0.3, 0.4) is 0 Å². The molecule has 1 amide bonds. The number of nitrogens with zero attached hydrogens (tertiary/aromatic N) is 1. The fourth-order valence-corrected chi connectivity index (χ4v) is 6.09. The molecule has 7 nitrogen and oxygen atoms in total. The van der Waals surface area contributed by atoms with Crippen LogP contribution >= 0.6 is 34.5 Å². The molecule has 11 heteroatoms. The van der Waals surface area contributed by atoms with Crippen molar-refractivity contribution in [1.82, 2.24) is 0 Å². The van der Waals surface area contributed by atoms with Crippen LogP contribution in [-0.4, -0.2) is 33.4 Å². The van der Waals surface area contributed by atoms with Crippen molar-refractivity contribution in [3.8, 4) is 0 Å². The second-order valence-electron chi connectivity index (χ2n) is 5.36. The third-order valence-corrected chi connectivity index (χ3v) is 7.28. The van der Waals surface area contributed by atoms with Gasteiger partial charge >= 0.3 is 5.97 Å². The lowest BCUT2D eigenvalue weighted by Gasteiger charge is -2.35. The number of sulfonamides is 1. The van der Waals surface area contributed by atoms with Crippen molar-refractivity contribution in [2.45, 2.75) is 17.9 Å². The summed E-state index contributed by atoms with van der Waals surface area (Å²) >= 11 is 12.6. The van der Waals surface area contributed by atoms with Crippen LogP contribution in [-0.2, 0) is 19.6 Å². The zero-order valence-electron chi connectivity index (χ0n) is 13.4. The third-order valence-electron chi connectivity index (χ3n) is 3.76. The van der Waals surface area contributed by atoms with Crippen molar-refractivity contribution in [3.63, 3.8) is 0 Å². The number of methoxy groups -OCH3 is 1. The molecule has 1 atom stereocenters. The van der Waals surface area contributed by atoms with Gasteiger partial charge in [-0.3, -0.25) is 9.10 Å². The third kappa shape index (κ3) is 3.05. The van der Waals surface area contributed by atoms with E-state index >= 15 is 0 Å². The van der Waals surface area contributed by atoms with Gasteiger partial charge in [0, 0.05) is 5.02 Å². The predicted octanol–water partition coefficient (Wildman–Crippen LogP) is 3.38. The van der Waals surface area contributed by atoms with Gasteiger partial charge in [0.25, 0.3) is 10.0 Å². The smallest absolute Gasteiger partial charge is 0.349 e. The van der Waals surface area contributed by atoms with Crippen molar-refractivity contribution in [2.24, 2.45) is 0 Å². The molecule has 0 fully saturated rings. The van der Waals surface area contributed by atoms with E-state index in [0.717, 1.165) is 22.8 Å². The van der Waals surface area contributed by atoms with E-state index in [1.807, 2.05) is 0 Å². The predicted molar refractivity (Wildman–Crippen MR) is 99.9 cm³/mol. The Labute approximate surface area is 163 Å². The van der Waals surface area contributed by atoms with Crippen LogP contribution in [0, 0.1) is 0 Å². The van der Waals surface area contributed by atoms with Gasteiger partial charge in [-0.05, 0) is 31.2 Å². The molecule has 2 heterocycles. The van der Waals surface area contributed by atoms with Gasteiger partial charge in [0.2, 0.25) is 5.91 Å². The maximum atomic E-state index is 13.3. The molecule has 1 aliphatic rings. The molecule has 1 N–H and O–H groups in total. The number of ether oxygens (including phenoxy) is 1. The first-order chi connectivity index (χ1) is 12.2. The Balaban J connectivity index is 2.22. The number of hydrogen-bond acceptors (Lipinski definition) is 6. The Kier molecular flexibility index (Phi) is 4.91. The molecule has 0 radical (unpaired) electrons. The van der Waals surface area contributed by atoms with Gasteiger partial charge in [-0.1, -0.05) is 23.2 Å². The van der Waals surface area contributed by atoms with E-state index in [4.69, 9.17) is 23.2 Å². The summed E-state index contributed by atoms with van der Waals surface area (Å²) in [5.41, 5.74) is 0.491. The number of thiophene rings is 1. The SMILES string of the molecule is COC(=O)c1sc(Cl)cc1S(=O)(=O)N1c2ccc(Cl)cc2NC(=O)C1C. The van der Waals surface area contributed by atoms with Crippen molar-refractivity contribution in [1.29, 1.82) is 0 Å². The van der Waals surface area contributed by atoms with E-state index in [9.17, 15) is 18.0 Å². The van der Waals surface area contributed by atoms with E-state index in [2.05, 4.69) is 10.1 Å². The lowest BCUT2D eigenvalue weighted by atomic mass is 10.1. The number of fused-ring (bicyclic) bond motifs is 1. The molecule has 0 saturated heterocycles. The Morgan fingerprint density at radius 1 is 1.31 bits per heavy atom. The fourth-order valence-electron chi connectivity index (χ4n) is 2.57. The maximum absolute atomic E-state index is 13.3. The van der Waals surface area contributed by atoms with Gasteiger partial charge in [-0.25, -0.2) is 13.2 Å². The molecule has 0 bridgehead atoms. The van der Waals surface area contributed by atoms with E-state index in [1.165, 1.54) is 31.2 Å². The van der Waals surface area contributed by atoms with Crippen molar-refractivity contribution >= 4 is 67.8 Å². The standard InChI is InChI=1S/C15H12Cl2N2O5S2/c1-7-14(20)18-9-5-8(16)3-4-10(9)19(7)26(22,23)11-6-12(17)25-13(11)15(21)24-2/h3-7H,1-2H3,(H,18,20). The molecular weight excluding hydrogens is 423 g/mol. The number of carbonyl (C=O) groups is 2. The number of nitrogens with one attached hydrogen (secondary N) is 1. The van der Waals surface area contributed by atoms with Crippen molar-refractivity contribution in [2.75, 3.05) is 16.7 Å². The van der Waals surface area contributed by atoms with Crippen LogP contribution in [0.5, 0.6) is 0 Å². The normalized spacial score (nSPS) is 16.8. The Morgan fingerprint density at radius 2 is 2.00 bits per heavy atom. The number of carbonyl (C=O) groups excluding carboxylic acids is 2. The highest BCUT2D eigenvalue weighted by molar-refractivity contribution is 7.93. The van der Waals surface area contributed by atoms with Crippen molar-refractivity contribution in [3.05, 3.63) is 38.5 Å². The summed E-state index contributed by atoms with van der Waals surface area (Å²) in [5, 5.41) is 2.95. The Morgan fingerprint density at radius 3 is 2.65 bits per heavy atom. The Bertz CT molecular complexity index is 1020. The highest BCUT2D eigenvalue weighted by Gasteiger charge is 2.41. The van der Waals surface area contributed by atoms with Gasteiger partial charge < -0.3 is 10.1 Å². The molecule has 138 valence electrons. The fraction of sp³-hybridized carbons (Fsp3) is 0.200. The van der Waals surface area contributed by atoms with Crippen LogP contribution in [0.25, 0.3) is 0 Å². The lowest BCUT2D eigenvalue weighted by Crippen LogP contribution is -2.49. The number of amides is 1. The average Bonchev–Trinajstić information content (AvgIpc) is 2.98. The monoisotopic (exact) mass is 434 g/mol. The second-order valence-corrected chi connectivity index (χ2v) is 9.27. The number of hydrogen-bond donors (Lipinski definition) is 1. The zero-order valence-corrected chi connectivity index (χ0v) is 16.6. The van der Waals surface area contributed by atoms with Gasteiger partial charge in [0.1, 0.15) is 15.8 Å². The molecule has 0 aliphatic carbocycles. The first kappa shape index (κ1) is 19.0. The zero-order chi connectivity index (χ0) is 19.2. The molecule has 1 aromatic carbocycles. The quantitative estimate of drug-likeness (QED) is 0.747. The molecule has 0 saturated carbocycles. The molecule has 3 rings (SSSR count). The number of esters is 1. The molecule has 1 unspecified atom stereocenters. The molecule has 2 aromatic rings. The van der Waals surface area contributed by atoms with E-state index < -0.39 is 27.9 Å². The molecule has 0 spiro atoms. The number of rotatable bonds is 3. The van der Waals surface area contributed by atoms with Gasteiger partial charge in [0.15, 0.2) is 0 Å². The first-order valence-electron chi connectivity index (χ1n) is 7.19. The number of benzene rings is 1.